The summed E-state index contributed by atoms with van der Waals surface area (Å²) >= 11 is 1.76. The highest BCUT2D eigenvalue weighted by Gasteiger charge is 2.21. The summed E-state index contributed by atoms with van der Waals surface area (Å²) in [5, 5.41) is 3.10. The van der Waals surface area contributed by atoms with Gasteiger partial charge in [-0.3, -0.25) is 4.79 Å². The largest absolute Gasteiger partial charge is 0.399 e. The number of hydrogen-bond donors (Lipinski definition) is 2. The van der Waals surface area contributed by atoms with E-state index in [4.69, 9.17) is 5.73 Å². The average Bonchev–Trinajstić information content (AvgIpc) is 2.34. The van der Waals surface area contributed by atoms with Crippen molar-refractivity contribution in [1.82, 2.24) is 0 Å². The number of benzene rings is 1. The molecule has 4 heteroatoms. The van der Waals surface area contributed by atoms with Crippen molar-refractivity contribution >= 4 is 29.0 Å². The molecule has 0 bridgehead atoms. The first-order chi connectivity index (χ1) is 8.16. The van der Waals surface area contributed by atoms with Crippen molar-refractivity contribution in [3.8, 4) is 0 Å². The Hall–Kier alpha value is -1.16. The standard InChI is InChI=1S/C13H18N2OS/c1-9-8-10(14)5-6-11(9)15-13(16)12-4-2-3-7-17-12/h5-6,8,12H,2-4,7,14H2,1H3,(H,15,16). The lowest BCUT2D eigenvalue weighted by molar-refractivity contribution is -0.115. The van der Waals surface area contributed by atoms with E-state index in [-0.39, 0.29) is 11.2 Å². The van der Waals surface area contributed by atoms with E-state index in [1.807, 2.05) is 25.1 Å². The molecular formula is C13H18N2OS. The topological polar surface area (TPSA) is 55.1 Å². The van der Waals surface area contributed by atoms with Gasteiger partial charge in [0.25, 0.3) is 0 Å². The minimum Gasteiger partial charge on any atom is -0.399 e. The molecule has 0 saturated carbocycles. The summed E-state index contributed by atoms with van der Waals surface area (Å²) in [6.45, 7) is 1.96. The first-order valence-electron chi connectivity index (χ1n) is 5.95. The number of carbonyl (C=O) groups excluding carboxylic acids is 1. The van der Waals surface area contributed by atoms with Crippen LogP contribution in [0.1, 0.15) is 24.8 Å². The molecule has 0 radical (unpaired) electrons. The van der Waals surface area contributed by atoms with Crippen molar-refractivity contribution in [3.63, 3.8) is 0 Å². The first kappa shape index (κ1) is 12.3. The Balaban J connectivity index is 2.02. The zero-order chi connectivity index (χ0) is 12.3. The maximum Gasteiger partial charge on any atom is 0.237 e. The first-order valence-corrected chi connectivity index (χ1v) is 7.00. The van der Waals surface area contributed by atoms with Crippen molar-refractivity contribution in [3.05, 3.63) is 23.8 Å². The van der Waals surface area contributed by atoms with Gasteiger partial charge in [0.1, 0.15) is 0 Å². The zero-order valence-corrected chi connectivity index (χ0v) is 10.8. The molecule has 1 atom stereocenters. The van der Waals surface area contributed by atoms with Gasteiger partial charge in [0.15, 0.2) is 0 Å². The third kappa shape index (κ3) is 3.16. The number of nitrogens with one attached hydrogen (secondary N) is 1. The van der Waals surface area contributed by atoms with Crippen LogP contribution in [-0.2, 0) is 4.79 Å². The van der Waals surface area contributed by atoms with Gasteiger partial charge in [0.05, 0.1) is 5.25 Å². The molecule has 1 heterocycles. The van der Waals surface area contributed by atoms with Crippen LogP contribution in [0.2, 0.25) is 0 Å². The third-order valence-electron chi connectivity index (χ3n) is 2.98. The Morgan fingerprint density at radius 2 is 2.29 bits per heavy atom. The van der Waals surface area contributed by atoms with E-state index in [1.54, 1.807) is 11.8 Å². The normalized spacial score (nSPS) is 19.9. The van der Waals surface area contributed by atoms with Gasteiger partial charge in [-0.25, -0.2) is 0 Å². The van der Waals surface area contributed by atoms with E-state index >= 15 is 0 Å². The highest BCUT2D eigenvalue weighted by Crippen LogP contribution is 2.27. The number of amides is 1. The maximum absolute atomic E-state index is 12.0. The van der Waals surface area contributed by atoms with Crippen LogP contribution < -0.4 is 11.1 Å². The van der Waals surface area contributed by atoms with Gasteiger partial charge in [0, 0.05) is 11.4 Å². The second-order valence-corrected chi connectivity index (χ2v) is 5.73. The Morgan fingerprint density at radius 1 is 1.47 bits per heavy atom. The quantitative estimate of drug-likeness (QED) is 0.794. The van der Waals surface area contributed by atoms with Crippen LogP contribution in [0.4, 0.5) is 11.4 Å². The average molecular weight is 250 g/mol. The fourth-order valence-corrected chi connectivity index (χ4v) is 3.19. The van der Waals surface area contributed by atoms with Crippen molar-refractivity contribution in [2.75, 3.05) is 16.8 Å². The minimum absolute atomic E-state index is 0.112. The van der Waals surface area contributed by atoms with E-state index in [2.05, 4.69) is 5.32 Å². The van der Waals surface area contributed by atoms with Gasteiger partial charge >= 0.3 is 0 Å². The van der Waals surface area contributed by atoms with Gasteiger partial charge in [-0.2, -0.15) is 0 Å². The lowest BCUT2D eigenvalue weighted by atomic mass is 10.1. The monoisotopic (exact) mass is 250 g/mol. The molecule has 1 aliphatic heterocycles. The number of nitrogens with two attached hydrogens (primary N) is 1. The van der Waals surface area contributed by atoms with Crippen molar-refractivity contribution in [2.24, 2.45) is 0 Å². The van der Waals surface area contributed by atoms with E-state index in [0.717, 1.165) is 35.5 Å². The predicted molar refractivity (Wildman–Crippen MR) is 74.3 cm³/mol. The second kappa shape index (κ2) is 5.45. The molecule has 1 fully saturated rings. The molecule has 1 unspecified atom stereocenters. The van der Waals surface area contributed by atoms with Crippen LogP contribution >= 0.6 is 11.8 Å². The molecule has 3 nitrogen and oxygen atoms in total. The molecular weight excluding hydrogens is 232 g/mol. The van der Waals surface area contributed by atoms with E-state index in [9.17, 15) is 4.79 Å². The molecule has 0 aromatic heterocycles. The molecule has 0 aliphatic carbocycles. The summed E-state index contributed by atoms with van der Waals surface area (Å²) in [7, 11) is 0. The minimum atomic E-state index is 0.112. The van der Waals surface area contributed by atoms with E-state index in [0.29, 0.717) is 0 Å². The molecule has 1 aliphatic rings. The number of thioether (sulfide) groups is 1. The summed E-state index contributed by atoms with van der Waals surface area (Å²) in [6, 6.07) is 5.57. The summed E-state index contributed by atoms with van der Waals surface area (Å²) in [4.78, 5) is 12.0. The molecule has 92 valence electrons. The van der Waals surface area contributed by atoms with Gasteiger partial charge in [-0.05, 0) is 49.3 Å². The van der Waals surface area contributed by atoms with Crippen LogP contribution in [0.3, 0.4) is 0 Å². The van der Waals surface area contributed by atoms with Crippen LogP contribution in [0.15, 0.2) is 18.2 Å². The Morgan fingerprint density at radius 3 is 2.94 bits per heavy atom. The lowest BCUT2D eigenvalue weighted by Crippen LogP contribution is -2.27. The van der Waals surface area contributed by atoms with Crippen molar-refractivity contribution in [1.29, 1.82) is 0 Å². The van der Waals surface area contributed by atoms with Crippen molar-refractivity contribution in [2.45, 2.75) is 31.4 Å². The van der Waals surface area contributed by atoms with Gasteiger partial charge in [-0.1, -0.05) is 6.42 Å². The van der Waals surface area contributed by atoms with Crippen LogP contribution in [0, 0.1) is 6.92 Å². The number of carbonyl (C=O) groups is 1. The maximum atomic E-state index is 12.0. The summed E-state index contributed by atoms with van der Waals surface area (Å²) in [5.41, 5.74) is 8.30. The number of rotatable bonds is 2. The van der Waals surface area contributed by atoms with Crippen LogP contribution in [-0.4, -0.2) is 16.9 Å². The Kier molecular flexibility index (Phi) is 3.94. The number of anilines is 2. The van der Waals surface area contributed by atoms with Gasteiger partial charge in [-0.15, -0.1) is 11.8 Å². The SMILES string of the molecule is Cc1cc(N)ccc1NC(=O)C1CCCCS1. The molecule has 1 aromatic rings. The van der Waals surface area contributed by atoms with Gasteiger partial charge < -0.3 is 11.1 Å². The van der Waals surface area contributed by atoms with E-state index < -0.39 is 0 Å². The third-order valence-corrected chi connectivity index (χ3v) is 4.36. The fourth-order valence-electron chi connectivity index (χ4n) is 1.99. The van der Waals surface area contributed by atoms with Crippen LogP contribution in [0.5, 0.6) is 0 Å². The van der Waals surface area contributed by atoms with Crippen LogP contribution in [0.25, 0.3) is 0 Å². The molecule has 17 heavy (non-hydrogen) atoms. The second-order valence-electron chi connectivity index (χ2n) is 4.42. The number of hydrogen-bond acceptors (Lipinski definition) is 3. The summed E-state index contributed by atoms with van der Waals surface area (Å²) in [5.74, 6) is 1.22. The molecule has 3 N–H and O–H groups in total. The highest BCUT2D eigenvalue weighted by molar-refractivity contribution is 8.00. The summed E-state index contributed by atoms with van der Waals surface area (Å²) < 4.78 is 0. The molecule has 1 aromatic carbocycles. The Bertz CT molecular complexity index is 414. The Labute approximate surface area is 106 Å². The zero-order valence-electron chi connectivity index (χ0n) is 10.0. The number of nitrogen functional groups attached to an aromatic ring is 1. The molecule has 1 saturated heterocycles. The summed E-state index contributed by atoms with van der Waals surface area (Å²) in [6.07, 6.45) is 3.38. The lowest BCUT2D eigenvalue weighted by Gasteiger charge is -2.21. The van der Waals surface area contributed by atoms with Crippen molar-refractivity contribution < 1.29 is 4.79 Å². The highest BCUT2D eigenvalue weighted by atomic mass is 32.2. The fraction of sp³-hybridized carbons (Fsp3) is 0.462. The molecule has 2 rings (SSSR count). The smallest absolute Gasteiger partial charge is 0.237 e. The molecule has 0 spiro atoms. The number of aryl methyl sites for hydroxylation is 1. The molecule has 1 amide bonds. The predicted octanol–water partition coefficient (Wildman–Crippen LogP) is 2.80. The van der Waals surface area contributed by atoms with Gasteiger partial charge in [0.2, 0.25) is 5.91 Å². The van der Waals surface area contributed by atoms with E-state index in [1.165, 1.54) is 6.42 Å².